The molecule has 0 heterocycles. The van der Waals surface area contributed by atoms with Crippen molar-refractivity contribution in [3.05, 3.63) is 59.7 Å². The molecule has 2 fully saturated rings. The third-order valence-corrected chi connectivity index (χ3v) is 8.21. The molecular formula is C27H36N4O4S. The smallest absolute Gasteiger partial charge is 0.252 e. The highest BCUT2D eigenvalue weighted by Gasteiger charge is 2.32. The number of hydrogen-bond acceptors (Lipinski definition) is 6. The van der Waals surface area contributed by atoms with E-state index >= 15 is 0 Å². The molecular weight excluding hydrogens is 476 g/mol. The highest BCUT2D eigenvalue weighted by atomic mass is 32.2. The largest absolute Gasteiger partial charge is 0.385 e. The van der Waals surface area contributed by atoms with Crippen LogP contribution in [0.4, 0.5) is 11.4 Å². The molecule has 0 aliphatic heterocycles. The van der Waals surface area contributed by atoms with Crippen LogP contribution < -0.4 is 20.3 Å². The van der Waals surface area contributed by atoms with Gasteiger partial charge in [-0.1, -0.05) is 37.3 Å². The van der Waals surface area contributed by atoms with E-state index in [4.69, 9.17) is 0 Å². The molecule has 0 spiro atoms. The summed E-state index contributed by atoms with van der Waals surface area (Å²) in [5.41, 5.74) is 2.32. The Kier molecular flexibility index (Phi) is 8.00. The fraction of sp³-hybridized carbons (Fsp3) is 0.481. The summed E-state index contributed by atoms with van der Waals surface area (Å²) in [5, 5.41) is 9.51. The summed E-state index contributed by atoms with van der Waals surface area (Å²) in [7, 11) is -2.06. The van der Waals surface area contributed by atoms with Gasteiger partial charge in [-0.3, -0.25) is 13.9 Å². The van der Waals surface area contributed by atoms with Crippen LogP contribution >= 0.6 is 0 Å². The van der Waals surface area contributed by atoms with Crippen LogP contribution in [0.2, 0.25) is 0 Å². The van der Waals surface area contributed by atoms with E-state index in [0.717, 1.165) is 41.9 Å². The summed E-state index contributed by atoms with van der Waals surface area (Å²) < 4.78 is 25.6. The summed E-state index contributed by atoms with van der Waals surface area (Å²) in [5.74, 6) is 0.744. The Hall–Kier alpha value is -2.91. The molecule has 3 N–H and O–H groups in total. The van der Waals surface area contributed by atoms with Gasteiger partial charge in [0.25, 0.3) is 5.91 Å². The zero-order valence-electron chi connectivity index (χ0n) is 21.2. The van der Waals surface area contributed by atoms with Crippen LogP contribution in [0, 0.1) is 11.8 Å². The standard InChI is InChI=1S/C27H36N4O4S/c1-18-11-21(18)16-28-23-13-20(14-24(15-23)31(2)36(3,34)35)27(33)30-25(12-19-7-5-4-6-8-19)26(32)17-29-22-9-10-22/h4-8,13-15,18,21-22,25,28-29H,9-12,16-17H2,1-3H3,(H,30,33). The first-order chi connectivity index (χ1) is 17.1. The number of nitrogens with zero attached hydrogens (tertiary/aromatic N) is 1. The van der Waals surface area contributed by atoms with Crippen LogP contribution in [0.15, 0.2) is 48.5 Å². The Balaban J connectivity index is 1.55. The van der Waals surface area contributed by atoms with Gasteiger partial charge in [-0.05, 0) is 61.3 Å². The van der Waals surface area contributed by atoms with E-state index < -0.39 is 22.0 Å². The van der Waals surface area contributed by atoms with E-state index in [9.17, 15) is 18.0 Å². The zero-order valence-corrected chi connectivity index (χ0v) is 22.0. The van der Waals surface area contributed by atoms with Crippen LogP contribution in [-0.2, 0) is 21.2 Å². The molecule has 0 aromatic heterocycles. The molecule has 9 heteroatoms. The normalized spacial score (nSPS) is 19.9. The predicted molar refractivity (Wildman–Crippen MR) is 143 cm³/mol. The van der Waals surface area contributed by atoms with Gasteiger partial charge in [0.15, 0.2) is 5.78 Å². The van der Waals surface area contributed by atoms with E-state index in [0.29, 0.717) is 41.2 Å². The van der Waals surface area contributed by atoms with Crippen molar-refractivity contribution in [1.82, 2.24) is 10.6 Å². The van der Waals surface area contributed by atoms with Crippen molar-refractivity contribution in [3.8, 4) is 0 Å². The van der Waals surface area contributed by atoms with Gasteiger partial charge in [0, 0.05) is 30.9 Å². The number of amides is 1. The van der Waals surface area contributed by atoms with Gasteiger partial charge in [-0.15, -0.1) is 0 Å². The van der Waals surface area contributed by atoms with Crippen molar-refractivity contribution in [3.63, 3.8) is 0 Å². The maximum Gasteiger partial charge on any atom is 0.252 e. The second kappa shape index (κ2) is 11.0. The molecule has 36 heavy (non-hydrogen) atoms. The molecule has 8 nitrogen and oxygen atoms in total. The number of hydrogen-bond donors (Lipinski definition) is 3. The average Bonchev–Trinajstić information content (AvgIpc) is 3.78. The third-order valence-electron chi connectivity index (χ3n) is 7.00. The van der Waals surface area contributed by atoms with Crippen molar-refractivity contribution >= 4 is 33.1 Å². The topological polar surface area (TPSA) is 108 Å². The first-order valence-corrected chi connectivity index (χ1v) is 14.4. The van der Waals surface area contributed by atoms with E-state index in [2.05, 4.69) is 22.9 Å². The molecule has 4 rings (SSSR count). The van der Waals surface area contributed by atoms with Crippen molar-refractivity contribution in [2.24, 2.45) is 11.8 Å². The van der Waals surface area contributed by atoms with Crippen LogP contribution in [0.3, 0.4) is 0 Å². The Morgan fingerprint density at radius 1 is 1.11 bits per heavy atom. The lowest BCUT2D eigenvalue weighted by molar-refractivity contribution is -0.120. The second-order valence-corrected chi connectivity index (χ2v) is 12.2. The highest BCUT2D eigenvalue weighted by Crippen LogP contribution is 2.37. The fourth-order valence-corrected chi connectivity index (χ4v) is 4.63. The highest BCUT2D eigenvalue weighted by molar-refractivity contribution is 7.92. The average molecular weight is 513 g/mol. The number of anilines is 2. The van der Waals surface area contributed by atoms with Crippen LogP contribution in [-0.4, -0.2) is 58.6 Å². The number of benzene rings is 2. The van der Waals surface area contributed by atoms with Gasteiger partial charge in [-0.2, -0.15) is 0 Å². The monoisotopic (exact) mass is 512 g/mol. The first-order valence-electron chi connectivity index (χ1n) is 12.5. The van der Waals surface area contributed by atoms with E-state index in [1.54, 1.807) is 18.2 Å². The second-order valence-electron chi connectivity index (χ2n) is 10.2. The Bertz CT molecular complexity index is 1200. The number of ketones is 1. The Morgan fingerprint density at radius 2 is 1.81 bits per heavy atom. The van der Waals surface area contributed by atoms with Gasteiger partial charge in [0.2, 0.25) is 10.0 Å². The minimum absolute atomic E-state index is 0.0791. The first kappa shape index (κ1) is 26.2. The van der Waals surface area contributed by atoms with Gasteiger partial charge in [-0.25, -0.2) is 8.42 Å². The minimum Gasteiger partial charge on any atom is -0.385 e. The van der Waals surface area contributed by atoms with Crippen molar-refractivity contribution < 1.29 is 18.0 Å². The molecule has 194 valence electrons. The Labute approximate surface area is 213 Å². The number of carbonyl (C=O) groups excluding carboxylic acids is 2. The SMILES string of the molecule is CC1CC1CNc1cc(C(=O)NC(Cc2ccccc2)C(=O)CNC2CC2)cc(N(C)S(C)(=O)=O)c1. The molecule has 2 saturated carbocycles. The van der Waals surface area contributed by atoms with E-state index in [-0.39, 0.29) is 12.3 Å². The van der Waals surface area contributed by atoms with Crippen molar-refractivity contribution in [1.29, 1.82) is 0 Å². The quantitative estimate of drug-likeness (QED) is 0.381. The predicted octanol–water partition coefficient (Wildman–Crippen LogP) is 2.81. The molecule has 0 radical (unpaired) electrons. The van der Waals surface area contributed by atoms with Crippen LogP contribution in [0.25, 0.3) is 0 Å². The molecule has 0 bridgehead atoms. The lowest BCUT2D eigenvalue weighted by Gasteiger charge is -2.21. The zero-order chi connectivity index (χ0) is 25.9. The maximum atomic E-state index is 13.4. The molecule has 3 atom stereocenters. The molecule has 1 amide bonds. The summed E-state index contributed by atoms with van der Waals surface area (Å²) >= 11 is 0. The Morgan fingerprint density at radius 3 is 2.42 bits per heavy atom. The van der Waals surface area contributed by atoms with Gasteiger partial charge in [0.05, 0.1) is 24.5 Å². The van der Waals surface area contributed by atoms with Crippen LogP contribution in [0.1, 0.15) is 42.1 Å². The summed E-state index contributed by atoms with van der Waals surface area (Å²) in [6.45, 7) is 3.16. The van der Waals surface area contributed by atoms with Gasteiger partial charge in [0.1, 0.15) is 0 Å². The third kappa shape index (κ3) is 7.30. The lowest BCUT2D eigenvalue weighted by atomic mass is 10.0. The summed E-state index contributed by atoms with van der Waals surface area (Å²) in [6, 6.07) is 14.3. The number of nitrogens with one attached hydrogen (secondary N) is 3. The van der Waals surface area contributed by atoms with E-state index in [1.165, 1.54) is 7.05 Å². The minimum atomic E-state index is -3.52. The summed E-state index contributed by atoms with van der Waals surface area (Å²) in [4.78, 5) is 26.5. The lowest BCUT2D eigenvalue weighted by Crippen LogP contribution is -2.46. The number of sulfonamides is 1. The molecule has 2 aromatic carbocycles. The van der Waals surface area contributed by atoms with Crippen molar-refractivity contribution in [2.45, 2.75) is 44.7 Å². The number of rotatable bonds is 13. The number of carbonyl (C=O) groups is 2. The molecule has 0 saturated heterocycles. The van der Waals surface area contributed by atoms with Gasteiger partial charge < -0.3 is 16.0 Å². The van der Waals surface area contributed by atoms with E-state index in [1.807, 2.05) is 30.3 Å². The molecule has 2 aliphatic rings. The number of Topliss-reactive ketones (excluding diaryl/α,β-unsaturated/α-hetero) is 1. The maximum absolute atomic E-state index is 13.4. The summed E-state index contributed by atoms with van der Waals surface area (Å²) in [6.07, 6.45) is 4.80. The molecule has 2 aliphatic carbocycles. The fourth-order valence-electron chi connectivity index (χ4n) is 4.14. The molecule has 3 unspecified atom stereocenters. The van der Waals surface area contributed by atoms with Gasteiger partial charge >= 0.3 is 0 Å². The van der Waals surface area contributed by atoms with Crippen LogP contribution in [0.5, 0.6) is 0 Å². The van der Waals surface area contributed by atoms with Crippen molar-refractivity contribution in [2.75, 3.05) is 36.0 Å². The molecule has 2 aromatic rings.